The summed E-state index contributed by atoms with van der Waals surface area (Å²) in [6.07, 6.45) is 3.20. The van der Waals surface area contributed by atoms with Gasteiger partial charge in [-0.25, -0.2) is 4.39 Å². The average molecular weight is 536 g/mol. The van der Waals surface area contributed by atoms with Crippen LogP contribution in [0.25, 0.3) is 11.0 Å². The van der Waals surface area contributed by atoms with Crippen LogP contribution < -0.4 is 15.1 Å². The first-order valence-corrected chi connectivity index (χ1v) is 12.4. The molecule has 1 amide bonds. The van der Waals surface area contributed by atoms with Gasteiger partial charge in [0.05, 0.1) is 23.6 Å². The van der Waals surface area contributed by atoms with Crippen LogP contribution in [0.3, 0.4) is 0 Å². The third kappa shape index (κ3) is 4.36. The Labute approximate surface area is 210 Å². The Morgan fingerprint density at radius 2 is 1.74 bits per heavy atom. The quantitative estimate of drug-likeness (QED) is 0.239. The van der Waals surface area contributed by atoms with E-state index in [0.29, 0.717) is 23.3 Å². The third-order valence-electron chi connectivity index (χ3n) is 6.15. The second kappa shape index (κ2) is 9.66. The second-order valence-corrected chi connectivity index (χ2v) is 9.41. The molecule has 0 N–H and O–H groups in total. The molecule has 2 heterocycles. The lowest BCUT2D eigenvalue weighted by atomic mass is 9.98. The molecular formula is C28H23BrFNO4. The van der Waals surface area contributed by atoms with Crippen LogP contribution in [-0.2, 0) is 0 Å². The summed E-state index contributed by atoms with van der Waals surface area (Å²) in [5.74, 6) is -0.140. The highest BCUT2D eigenvalue weighted by Crippen LogP contribution is 2.41. The smallest absolute Gasteiger partial charge is 0.295 e. The molecule has 1 aliphatic heterocycles. The van der Waals surface area contributed by atoms with E-state index in [1.165, 1.54) is 29.2 Å². The molecule has 0 bridgehead atoms. The minimum Gasteiger partial charge on any atom is -0.494 e. The van der Waals surface area contributed by atoms with Gasteiger partial charge in [0.25, 0.3) is 5.91 Å². The zero-order valence-electron chi connectivity index (χ0n) is 19.1. The monoisotopic (exact) mass is 535 g/mol. The molecule has 5 nitrogen and oxygen atoms in total. The van der Waals surface area contributed by atoms with Crippen molar-refractivity contribution in [3.8, 4) is 5.75 Å². The Hall–Kier alpha value is -3.45. The van der Waals surface area contributed by atoms with Crippen molar-refractivity contribution >= 4 is 38.5 Å². The van der Waals surface area contributed by atoms with E-state index in [0.717, 1.165) is 35.0 Å². The fourth-order valence-corrected chi connectivity index (χ4v) is 4.78. The largest absolute Gasteiger partial charge is 0.494 e. The average Bonchev–Trinajstić information content (AvgIpc) is 3.16. The number of ether oxygens (including phenoxy) is 1. The van der Waals surface area contributed by atoms with E-state index in [1.54, 1.807) is 18.2 Å². The number of amides is 1. The maximum Gasteiger partial charge on any atom is 0.295 e. The third-order valence-corrected chi connectivity index (χ3v) is 6.64. The Morgan fingerprint density at radius 3 is 2.46 bits per heavy atom. The Morgan fingerprint density at radius 1 is 1.00 bits per heavy atom. The summed E-state index contributed by atoms with van der Waals surface area (Å²) in [4.78, 5) is 28.7. The number of hydrogen-bond donors (Lipinski definition) is 0. The summed E-state index contributed by atoms with van der Waals surface area (Å²) in [6, 6.07) is 17.4. The molecule has 1 aliphatic rings. The molecule has 3 aromatic carbocycles. The molecule has 4 aromatic rings. The van der Waals surface area contributed by atoms with E-state index in [2.05, 4.69) is 22.9 Å². The van der Waals surface area contributed by atoms with Crippen molar-refractivity contribution < 1.29 is 18.3 Å². The number of unbranched alkanes of at least 4 members (excludes halogenated alkanes) is 2. The first kappa shape index (κ1) is 23.3. The number of nitrogens with zero attached hydrogens (tertiary/aromatic N) is 1. The minimum atomic E-state index is -0.725. The van der Waals surface area contributed by atoms with Crippen LogP contribution in [0.4, 0.5) is 10.1 Å². The van der Waals surface area contributed by atoms with Crippen LogP contribution in [0.1, 0.15) is 53.9 Å². The van der Waals surface area contributed by atoms with Crippen molar-refractivity contribution in [1.29, 1.82) is 0 Å². The fraction of sp³-hybridized carbons (Fsp3) is 0.214. The fourth-order valence-electron chi connectivity index (χ4n) is 4.42. The lowest BCUT2D eigenvalue weighted by Crippen LogP contribution is -2.29. The molecule has 35 heavy (non-hydrogen) atoms. The highest BCUT2D eigenvalue weighted by Gasteiger charge is 2.43. The maximum absolute atomic E-state index is 13.7. The van der Waals surface area contributed by atoms with Gasteiger partial charge in [-0.15, -0.1) is 0 Å². The molecule has 1 aromatic heterocycles. The van der Waals surface area contributed by atoms with Gasteiger partial charge in [0.2, 0.25) is 5.76 Å². The number of fused-ring (bicyclic) bond motifs is 2. The first-order chi connectivity index (χ1) is 17.0. The molecule has 0 fully saturated rings. The maximum atomic E-state index is 13.7. The summed E-state index contributed by atoms with van der Waals surface area (Å²) in [5.41, 5.74) is 1.52. The summed E-state index contributed by atoms with van der Waals surface area (Å²) < 4.78 is 26.2. The minimum absolute atomic E-state index is 0.000889. The van der Waals surface area contributed by atoms with E-state index in [-0.39, 0.29) is 16.8 Å². The molecule has 7 heteroatoms. The number of carbonyl (C=O) groups excluding carboxylic acids is 1. The number of rotatable bonds is 7. The molecule has 0 saturated heterocycles. The highest BCUT2D eigenvalue weighted by atomic mass is 79.9. The van der Waals surface area contributed by atoms with Gasteiger partial charge in [-0.2, -0.15) is 0 Å². The standard InChI is InChI=1S/C28H23BrFNO4/c1-2-3-4-15-34-21-12-5-17(6-13-21)25-24-26(32)22-16-18(29)7-14-23(22)35-27(24)28(33)31(25)20-10-8-19(30)9-11-20/h5-14,16,25H,2-4,15H2,1H3. The van der Waals surface area contributed by atoms with Crippen molar-refractivity contribution in [2.24, 2.45) is 0 Å². The Kier molecular flexibility index (Phi) is 6.43. The van der Waals surface area contributed by atoms with Crippen molar-refractivity contribution in [3.63, 3.8) is 0 Å². The predicted molar refractivity (Wildman–Crippen MR) is 137 cm³/mol. The van der Waals surface area contributed by atoms with Crippen LogP contribution in [-0.4, -0.2) is 12.5 Å². The molecule has 0 spiro atoms. The number of anilines is 1. The number of halogens is 2. The van der Waals surface area contributed by atoms with Crippen molar-refractivity contribution in [2.75, 3.05) is 11.5 Å². The van der Waals surface area contributed by atoms with Crippen molar-refractivity contribution in [3.05, 3.63) is 104 Å². The van der Waals surface area contributed by atoms with E-state index in [4.69, 9.17) is 9.15 Å². The molecule has 178 valence electrons. The lowest BCUT2D eigenvalue weighted by molar-refractivity contribution is 0.0971. The SMILES string of the molecule is CCCCCOc1ccc(C2c3c(oc4ccc(Br)cc4c3=O)C(=O)N2c2ccc(F)cc2)cc1. The van der Waals surface area contributed by atoms with Gasteiger partial charge in [0.15, 0.2) is 5.43 Å². The van der Waals surface area contributed by atoms with Crippen molar-refractivity contribution in [1.82, 2.24) is 0 Å². The van der Waals surface area contributed by atoms with Gasteiger partial charge in [-0.1, -0.05) is 47.8 Å². The predicted octanol–water partition coefficient (Wildman–Crippen LogP) is 7.01. The normalized spacial score (nSPS) is 15.0. The van der Waals surface area contributed by atoms with Crippen LogP contribution >= 0.6 is 15.9 Å². The molecule has 1 atom stereocenters. The number of carbonyl (C=O) groups is 1. The van der Waals surface area contributed by atoms with E-state index >= 15 is 0 Å². The van der Waals surface area contributed by atoms with Crippen LogP contribution in [0.15, 0.2) is 80.4 Å². The summed E-state index contributed by atoms with van der Waals surface area (Å²) in [5, 5.41) is 0.382. The molecular weight excluding hydrogens is 513 g/mol. The topological polar surface area (TPSA) is 59.8 Å². The van der Waals surface area contributed by atoms with Crippen molar-refractivity contribution in [2.45, 2.75) is 32.2 Å². The zero-order chi connectivity index (χ0) is 24.5. The number of benzene rings is 3. The van der Waals surface area contributed by atoms with Gasteiger partial charge in [0, 0.05) is 10.2 Å². The van der Waals surface area contributed by atoms with Gasteiger partial charge in [-0.3, -0.25) is 14.5 Å². The summed E-state index contributed by atoms with van der Waals surface area (Å²) in [6.45, 7) is 2.77. The van der Waals surface area contributed by atoms with Crippen LogP contribution in [0.2, 0.25) is 0 Å². The van der Waals surface area contributed by atoms with Gasteiger partial charge in [0.1, 0.15) is 17.1 Å². The zero-order valence-corrected chi connectivity index (χ0v) is 20.7. The molecule has 5 rings (SSSR count). The van der Waals surface area contributed by atoms with E-state index in [1.807, 2.05) is 24.3 Å². The van der Waals surface area contributed by atoms with Gasteiger partial charge in [-0.05, 0) is 66.6 Å². The summed E-state index contributed by atoms with van der Waals surface area (Å²) >= 11 is 3.41. The molecule has 0 radical (unpaired) electrons. The second-order valence-electron chi connectivity index (χ2n) is 8.49. The van der Waals surface area contributed by atoms with E-state index in [9.17, 15) is 14.0 Å². The Bertz CT molecular complexity index is 1450. The van der Waals surface area contributed by atoms with Gasteiger partial charge < -0.3 is 9.15 Å². The van der Waals surface area contributed by atoms with Gasteiger partial charge >= 0.3 is 0 Å². The number of hydrogen-bond acceptors (Lipinski definition) is 4. The van der Waals surface area contributed by atoms with Crippen LogP contribution in [0, 0.1) is 5.82 Å². The molecule has 1 unspecified atom stereocenters. The van der Waals surface area contributed by atoms with Crippen LogP contribution in [0.5, 0.6) is 5.75 Å². The molecule has 0 aliphatic carbocycles. The Balaban J connectivity index is 1.62. The molecule has 0 saturated carbocycles. The van der Waals surface area contributed by atoms with E-state index < -0.39 is 17.8 Å². The summed E-state index contributed by atoms with van der Waals surface area (Å²) in [7, 11) is 0. The first-order valence-electron chi connectivity index (χ1n) is 11.6. The highest BCUT2D eigenvalue weighted by molar-refractivity contribution is 9.10. The lowest BCUT2D eigenvalue weighted by Gasteiger charge is -2.25.